The summed E-state index contributed by atoms with van der Waals surface area (Å²) < 4.78 is 36.7. The van der Waals surface area contributed by atoms with Gasteiger partial charge in [0.1, 0.15) is 5.82 Å². The summed E-state index contributed by atoms with van der Waals surface area (Å²) >= 11 is 0. The van der Waals surface area contributed by atoms with Crippen LogP contribution in [0.15, 0.2) is 53.4 Å². The van der Waals surface area contributed by atoms with E-state index in [0.29, 0.717) is 11.3 Å². The van der Waals surface area contributed by atoms with Gasteiger partial charge in [0, 0.05) is 18.4 Å². The number of benzene rings is 2. The van der Waals surface area contributed by atoms with Crippen molar-refractivity contribution in [1.82, 2.24) is 0 Å². The smallest absolute Gasteiger partial charge is 0.177 e. The molecule has 1 N–H and O–H groups in total. The number of para-hydroxylation sites is 1. The second-order valence-corrected chi connectivity index (χ2v) is 6.20. The molecular weight excluding hydrogens is 265 g/mol. The molecule has 0 saturated heterocycles. The lowest BCUT2D eigenvalue weighted by atomic mass is 10.2. The molecule has 3 nitrogen and oxygen atoms in total. The molecule has 100 valence electrons. The highest BCUT2D eigenvalue weighted by Gasteiger charge is 2.12. The van der Waals surface area contributed by atoms with Crippen molar-refractivity contribution in [2.75, 3.05) is 11.6 Å². The van der Waals surface area contributed by atoms with E-state index >= 15 is 0 Å². The quantitative estimate of drug-likeness (QED) is 0.936. The zero-order valence-electron chi connectivity index (χ0n) is 10.4. The summed E-state index contributed by atoms with van der Waals surface area (Å²) in [5.41, 5.74) is 0.971. The van der Waals surface area contributed by atoms with Gasteiger partial charge in [-0.2, -0.15) is 0 Å². The largest absolute Gasteiger partial charge is 0.380 e. The van der Waals surface area contributed by atoms with Gasteiger partial charge in [-0.05, 0) is 18.2 Å². The maximum Gasteiger partial charge on any atom is 0.177 e. The third-order valence-electron chi connectivity index (χ3n) is 2.71. The van der Waals surface area contributed by atoms with Gasteiger partial charge >= 0.3 is 0 Å². The molecule has 0 aromatic heterocycles. The predicted molar refractivity (Wildman–Crippen MR) is 73.3 cm³/mol. The molecule has 0 saturated carbocycles. The van der Waals surface area contributed by atoms with Crippen LogP contribution in [0.2, 0.25) is 0 Å². The number of rotatable bonds is 4. The van der Waals surface area contributed by atoms with Gasteiger partial charge in [0.15, 0.2) is 9.84 Å². The lowest BCUT2D eigenvalue weighted by Crippen LogP contribution is -2.07. The van der Waals surface area contributed by atoms with Crippen LogP contribution in [0.25, 0.3) is 0 Å². The van der Waals surface area contributed by atoms with E-state index in [1.165, 1.54) is 12.1 Å². The van der Waals surface area contributed by atoms with E-state index in [4.69, 9.17) is 0 Å². The molecule has 0 aliphatic carbocycles. The van der Waals surface area contributed by atoms with E-state index in [1.54, 1.807) is 36.4 Å². The molecule has 0 aliphatic heterocycles. The molecule has 0 radical (unpaired) electrons. The van der Waals surface area contributed by atoms with Gasteiger partial charge in [-0.1, -0.05) is 30.3 Å². The lowest BCUT2D eigenvalue weighted by molar-refractivity contribution is 0.602. The zero-order chi connectivity index (χ0) is 13.9. The van der Waals surface area contributed by atoms with Crippen LogP contribution in [0, 0.1) is 5.82 Å². The van der Waals surface area contributed by atoms with Crippen LogP contribution in [0.3, 0.4) is 0 Å². The minimum atomic E-state index is -3.30. The van der Waals surface area contributed by atoms with E-state index in [-0.39, 0.29) is 17.3 Å². The van der Waals surface area contributed by atoms with E-state index in [2.05, 4.69) is 5.32 Å². The Kier molecular flexibility index (Phi) is 3.85. The van der Waals surface area contributed by atoms with Gasteiger partial charge in [0.2, 0.25) is 0 Å². The number of nitrogens with one attached hydrogen (secondary N) is 1. The topological polar surface area (TPSA) is 46.2 Å². The molecule has 19 heavy (non-hydrogen) atoms. The van der Waals surface area contributed by atoms with Gasteiger partial charge < -0.3 is 5.32 Å². The van der Waals surface area contributed by atoms with Crippen molar-refractivity contribution in [2.24, 2.45) is 0 Å². The number of sulfone groups is 1. The number of halogens is 1. The normalized spacial score (nSPS) is 11.3. The summed E-state index contributed by atoms with van der Waals surface area (Å²) in [5, 5.41) is 2.96. The van der Waals surface area contributed by atoms with Crippen LogP contribution in [0.5, 0.6) is 0 Å². The number of anilines is 1. The molecule has 2 rings (SSSR count). The van der Waals surface area contributed by atoms with E-state index in [0.717, 1.165) is 6.26 Å². The predicted octanol–water partition coefficient (Wildman–Crippen LogP) is 2.84. The molecule has 0 fully saturated rings. The summed E-state index contributed by atoms with van der Waals surface area (Å²) in [6, 6.07) is 13.0. The Labute approximate surface area is 112 Å². The van der Waals surface area contributed by atoms with Crippen LogP contribution in [-0.4, -0.2) is 14.7 Å². The average molecular weight is 279 g/mol. The zero-order valence-corrected chi connectivity index (χ0v) is 11.2. The minimum absolute atomic E-state index is 0.214. The molecule has 0 heterocycles. The van der Waals surface area contributed by atoms with Crippen molar-refractivity contribution in [3.05, 3.63) is 59.9 Å². The lowest BCUT2D eigenvalue weighted by Gasteiger charge is -2.11. The van der Waals surface area contributed by atoms with Crippen molar-refractivity contribution in [3.63, 3.8) is 0 Å². The first-order valence-corrected chi connectivity index (χ1v) is 7.64. The number of hydrogen-bond acceptors (Lipinski definition) is 3. The Bertz CT molecular complexity index is 683. The fourth-order valence-electron chi connectivity index (χ4n) is 1.77. The van der Waals surface area contributed by atoms with E-state index in [1.807, 2.05) is 0 Å². The Hall–Kier alpha value is -1.88. The third-order valence-corrected chi connectivity index (χ3v) is 3.87. The van der Waals surface area contributed by atoms with Crippen molar-refractivity contribution in [1.29, 1.82) is 0 Å². The molecule has 0 bridgehead atoms. The van der Waals surface area contributed by atoms with E-state index in [9.17, 15) is 12.8 Å². The highest BCUT2D eigenvalue weighted by Crippen LogP contribution is 2.21. The van der Waals surface area contributed by atoms with E-state index < -0.39 is 9.84 Å². The summed E-state index contributed by atoms with van der Waals surface area (Å²) in [5.74, 6) is -0.313. The summed E-state index contributed by atoms with van der Waals surface area (Å²) in [6.45, 7) is 0.235. The van der Waals surface area contributed by atoms with Gasteiger partial charge in [-0.15, -0.1) is 0 Å². The minimum Gasteiger partial charge on any atom is -0.380 e. The second kappa shape index (κ2) is 5.40. The van der Waals surface area contributed by atoms with Crippen LogP contribution in [0.4, 0.5) is 10.1 Å². The fraction of sp³-hybridized carbons (Fsp3) is 0.143. The highest BCUT2D eigenvalue weighted by molar-refractivity contribution is 7.90. The van der Waals surface area contributed by atoms with Crippen LogP contribution >= 0.6 is 0 Å². The fourth-order valence-corrected chi connectivity index (χ4v) is 2.63. The molecular formula is C14H14FNO2S. The molecule has 0 amide bonds. The maximum atomic E-state index is 13.5. The maximum absolute atomic E-state index is 13.5. The van der Waals surface area contributed by atoms with Crippen molar-refractivity contribution < 1.29 is 12.8 Å². The molecule has 2 aromatic carbocycles. The Balaban J connectivity index is 2.24. The Morgan fingerprint density at radius 2 is 1.68 bits per heavy atom. The van der Waals surface area contributed by atoms with Gasteiger partial charge in [0.25, 0.3) is 0 Å². The van der Waals surface area contributed by atoms with Crippen molar-refractivity contribution >= 4 is 15.5 Å². The first-order valence-electron chi connectivity index (χ1n) is 5.75. The first kappa shape index (κ1) is 13.5. The molecule has 0 aliphatic rings. The Morgan fingerprint density at radius 1 is 1.05 bits per heavy atom. The standard InChI is InChI=1S/C14H14FNO2S/c1-19(17,18)14-9-5-4-8-13(14)16-10-11-6-2-3-7-12(11)15/h2-9,16H,10H2,1H3. The molecule has 0 spiro atoms. The van der Waals surface area contributed by atoms with Crippen LogP contribution < -0.4 is 5.32 Å². The van der Waals surface area contributed by atoms with Crippen molar-refractivity contribution in [3.8, 4) is 0 Å². The average Bonchev–Trinajstić information content (AvgIpc) is 2.37. The molecule has 0 unspecified atom stereocenters. The summed E-state index contributed by atoms with van der Waals surface area (Å²) in [4.78, 5) is 0.214. The monoisotopic (exact) mass is 279 g/mol. The Morgan fingerprint density at radius 3 is 2.37 bits per heavy atom. The highest BCUT2D eigenvalue weighted by atomic mass is 32.2. The molecule has 0 atom stereocenters. The molecule has 5 heteroatoms. The summed E-state index contributed by atoms with van der Waals surface area (Å²) in [6.07, 6.45) is 1.15. The van der Waals surface area contributed by atoms with Crippen LogP contribution in [-0.2, 0) is 16.4 Å². The van der Waals surface area contributed by atoms with Crippen LogP contribution in [0.1, 0.15) is 5.56 Å². The second-order valence-electron chi connectivity index (χ2n) is 4.21. The van der Waals surface area contributed by atoms with Gasteiger partial charge in [0.05, 0.1) is 10.6 Å². The third kappa shape index (κ3) is 3.32. The number of hydrogen-bond donors (Lipinski definition) is 1. The van der Waals surface area contributed by atoms with Crippen molar-refractivity contribution in [2.45, 2.75) is 11.4 Å². The van der Waals surface area contributed by atoms with Gasteiger partial charge in [-0.3, -0.25) is 0 Å². The first-order chi connectivity index (χ1) is 8.98. The summed E-state index contributed by atoms with van der Waals surface area (Å²) in [7, 11) is -3.30. The van der Waals surface area contributed by atoms with Gasteiger partial charge in [-0.25, -0.2) is 12.8 Å². The SMILES string of the molecule is CS(=O)(=O)c1ccccc1NCc1ccccc1F. The molecule has 2 aromatic rings.